The Balaban J connectivity index is 2.38. The Labute approximate surface area is 284 Å². The first-order valence-corrected chi connectivity index (χ1v) is 17.7. The molecule has 0 radical (unpaired) electrons. The summed E-state index contributed by atoms with van der Waals surface area (Å²) in [6, 6.07) is 0. The largest absolute Gasteiger partial charge is 0.455 e. The average Bonchev–Trinajstić information content (AvgIpc) is 3.30. The highest BCUT2D eigenvalue weighted by Crippen LogP contribution is 2.38. The number of carbonyl (C=O) groups is 3. The van der Waals surface area contributed by atoms with Gasteiger partial charge in [0.2, 0.25) is 12.1 Å². The summed E-state index contributed by atoms with van der Waals surface area (Å²) >= 11 is 0. The van der Waals surface area contributed by atoms with Gasteiger partial charge in [-0.2, -0.15) is 0 Å². The van der Waals surface area contributed by atoms with Crippen molar-refractivity contribution in [3.63, 3.8) is 0 Å². The molecule has 2 heterocycles. The summed E-state index contributed by atoms with van der Waals surface area (Å²) in [5.41, 5.74) is 0. The fourth-order valence-electron chi connectivity index (χ4n) is 5.73. The number of ether oxygens (including phenoxy) is 6. The van der Waals surface area contributed by atoms with Crippen LogP contribution in [0, 0.1) is 11.8 Å². The fraction of sp³-hybridized carbons (Fsp3) is 0.912. The molecule has 2 rings (SSSR count). The first-order chi connectivity index (χ1) is 22.9. The third-order valence-electron chi connectivity index (χ3n) is 8.85. The third-order valence-corrected chi connectivity index (χ3v) is 8.85. The van der Waals surface area contributed by atoms with Crippen molar-refractivity contribution >= 4 is 17.9 Å². The molecule has 0 spiro atoms. The first-order valence-electron chi connectivity index (χ1n) is 17.7. The Kier molecular flexibility index (Phi) is 18.8. The summed E-state index contributed by atoms with van der Waals surface area (Å²) in [5.74, 6) is -5.15. The van der Waals surface area contributed by atoms with Gasteiger partial charge in [0, 0.05) is 12.8 Å². The molecule has 10 unspecified atom stereocenters. The van der Waals surface area contributed by atoms with E-state index in [0.717, 1.165) is 25.7 Å². The van der Waals surface area contributed by atoms with Crippen LogP contribution in [0.3, 0.4) is 0 Å². The van der Waals surface area contributed by atoms with Crippen LogP contribution in [0.1, 0.15) is 112 Å². The van der Waals surface area contributed by atoms with E-state index in [4.69, 9.17) is 28.4 Å². The summed E-state index contributed by atoms with van der Waals surface area (Å²) < 4.78 is 34.8. The van der Waals surface area contributed by atoms with E-state index in [0.29, 0.717) is 12.8 Å². The van der Waals surface area contributed by atoms with E-state index in [-0.39, 0.29) is 18.8 Å². The van der Waals surface area contributed by atoms with E-state index >= 15 is 0 Å². The number of esters is 3. The second kappa shape index (κ2) is 21.3. The van der Waals surface area contributed by atoms with Crippen LogP contribution in [-0.2, 0) is 42.8 Å². The summed E-state index contributed by atoms with van der Waals surface area (Å²) in [7, 11) is 0. The molecule has 0 bridgehead atoms. The van der Waals surface area contributed by atoms with Crippen molar-refractivity contribution in [3.05, 3.63) is 0 Å². The van der Waals surface area contributed by atoms with Crippen LogP contribution in [0.5, 0.6) is 0 Å². The highest BCUT2D eigenvalue weighted by Gasteiger charge is 2.60. The van der Waals surface area contributed by atoms with Gasteiger partial charge in [0.15, 0.2) is 18.3 Å². The molecule has 0 aromatic rings. The minimum absolute atomic E-state index is 0.000889. The number of hydrogen-bond donors (Lipinski definition) is 5. The van der Waals surface area contributed by atoms with E-state index in [9.17, 15) is 39.9 Å². The minimum Gasteiger partial charge on any atom is -0.455 e. The molecule has 5 N–H and O–H groups in total. The number of hydrogen-bond acceptors (Lipinski definition) is 14. The molecular weight excluding hydrogens is 632 g/mol. The molecule has 10 atom stereocenters. The van der Waals surface area contributed by atoms with Crippen molar-refractivity contribution in [1.82, 2.24) is 0 Å². The Morgan fingerprint density at radius 1 is 0.750 bits per heavy atom. The highest BCUT2D eigenvalue weighted by atomic mass is 16.8. The second-order valence-electron chi connectivity index (χ2n) is 13.4. The molecule has 0 aromatic heterocycles. The van der Waals surface area contributed by atoms with Crippen molar-refractivity contribution < 1.29 is 68.3 Å². The van der Waals surface area contributed by atoms with E-state index in [1.54, 1.807) is 27.7 Å². The lowest BCUT2D eigenvalue weighted by Crippen LogP contribution is -2.65. The topological polar surface area (TPSA) is 208 Å². The van der Waals surface area contributed by atoms with Crippen LogP contribution in [-0.4, -0.2) is 118 Å². The summed E-state index contributed by atoms with van der Waals surface area (Å²) in [5, 5.41) is 51.5. The van der Waals surface area contributed by atoms with E-state index in [2.05, 4.69) is 6.92 Å². The van der Waals surface area contributed by atoms with Gasteiger partial charge >= 0.3 is 17.9 Å². The molecule has 2 aliphatic heterocycles. The van der Waals surface area contributed by atoms with Crippen molar-refractivity contribution in [2.75, 3.05) is 19.8 Å². The highest BCUT2D eigenvalue weighted by molar-refractivity contribution is 5.73. The zero-order valence-electron chi connectivity index (χ0n) is 29.3. The van der Waals surface area contributed by atoms with Crippen molar-refractivity contribution in [2.24, 2.45) is 11.8 Å². The molecule has 280 valence electrons. The zero-order chi connectivity index (χ0) is 35.9. The predicted octanol–water partition coefficient (Wildman–Crippen LogP) is 2.27. The Bertz CT molecular complexity index is 962. The molecule has 48 heavy (non-hydrogen) atoms. The average molecular weight is 693 g/mol. The van der Waals surface area contributed by atoms with Crippen LogP contribution in [0.25, 0.3) is 0 Å². The lowest BCUT2D eigenvalue weighted by molar-refractivity contribution is -0.384. The Morgan fingerprint density at radius 2 is 1.33 bits per heavy atom. The molecule has 0 aromatic carbocycles. The van der Waals surface area contributed by atoms with Gasteiger partial charge in [0.1, 0.15) is 31.0 Å². The minimum atomic E-state index is -2.37. The quantitative estimate of drug-likeness (QED) is 0.0627. The normalized spacial score (nSPS) is 31.1. The number of rotatable bonds is 22. The number of aliphatic hydroxyl groups is 5. The van der Waals surface area contributed by atoms with Crippen LogP contribution < -0.4 is 0 Å². The van der Waals surface area contributed by atoms with Gasteiger partial charge in [-0.05, 0) is 18.8 Å². The molecular formula is C34H60O14. The molecule has 14 nitrogen and oxygen atoms in total. The summed E-state index contributed by atoms with van der Waals surface area (Å²) in [4.78, 5) is 39.3. The van der Waals surface area contributed by atoms with Crippen LogP contribution in [0.15, 0.2) is 0 Å². The molecule has 0 saturated carbocycles. The van der Waals surface area contributed by atoms with Crippen LogP contribution >= 0.6 is 0 Å². The molecule has 2 saturated heterocycles. The SMILES string of the molecule is CCCCCCCCCCCC(=O)OC1C(OC(=O)CC(C)C)C(CO)OC(OC2(CO)OC(CO)C(O)C2O)C1OC(=O)C(C)CC. The van der Waals surface area contributed by atoms with Crippen molar-refractivity contribution in [3.8, 4) is 0 Å². The van der Waals surface area contributed by atoms with Gasteiger partial charge in [-0.1, -0.05) is 86.0 Å². The number of unbranched alkanes of at least 4 members (excludes halogenated alkanes) is 8. The molecule has 0 aliphatic carbocycles. The van der Waals surface area contributed by atoms with E-state index in [1.165, 1.54) is 25.7 Å². The third kappa shape index (κ3) is 12.1. The van der Waals surface area contributed by atoms with Gasteiger partial charge in [-0.3, -0.25) is 14.4 Å². The smallest absolute Gasteiger partial charge is 0.309 e. The summed E-state index contributed by atoms with van der Waals surface area (Å²) in [6.45, 7) is 6.64. The molecule has 0 amide bonds. The number of carbonyl (C=O) groups excluding carboxylic acids is 3. The van der Waals surface area contributed by atoms with Crippen LogP contribution in [0.2, 0.25) is 0 Å². The number of aliphatic hydroxyl groups excluding tert-OH is 5. The van der Waals surface area contributed by atoms with Gasteiger partial charge in [-0.15, -0.1) is 0 Å². The molecule has 2 aliphatic rings. The zero-order valence-corrected chi connectivity index (χ0v) is 29.3. The van der Waals surface area contributed by atoms with Gasteiger partial charge in [0.05, 0.1) is 19.1 Å². The fourth-order valence-corrected chi connectivity index (χ4v) is 5.73. The first kappa shape index (κ1) is 42.3. The lowest BCUT2D eigenvalue weighted by Gasteiger charge is -2.46. The van der Waals surface area contributed by atoms with Crippen molar-refractivity contribution in [2.45, 2.75) is 166 Å². The van der Waals surface area contributed by atoms with Gasteiger partial charge in [0.25, 0.3) is 0 Å². The maximum absolute atomic E-state index is 13.3. The summed E-state index contributed by atoms with van der Waals surface area (Å²) in [6.07, 6.45) is -2.98. The van der Waals surface area contributed by atoms with E-state index < -0.39 is 98.5 Å². The maximum atomic E-state index is 13.3. The molecule has 14 heteroatoms. The second-order valence-corrected chi connectivity index (χ2v) is 13.4. The monoisotopic (exact) mass is 692 g/mol. The van der Waals surface area contributed by atoms with E-state index in [1.807, 2.05) is 0 Å². The predicted molar refractivity (Wildman–Crippen MR) is 171 cm³/mol. The Morgan fingerprint density at radius 3 is 1.85 bits per heavy atom. The van der Waals surface area contributed by atoms with Crippen molar-refractivity contribution in [1.29, 1.82) is 0 Å². The van der Waals surface area contributed by atoms with Crippen LogP contribution in [0.4, 0.5) is 0 Å². The standard InChI is InChI=1S/C34H60O14/c1-6-8-9-10-11-12-13-14-15-16-25(38)44-29-28(45-26(39)17-21(3)4)24(19-36)43-33(30(29)46-32(42)22(5)7-2)48-34(20-37)31(41)27(40)23(18-35)47-34/h21-24,27-31,33,35-37,40-41H,6-20H2,1-5H3. The lowest BCUT2D eigenvalue weighted by atomic mass is 9.97. The maximum Gasteiger partial charge on any atom is 0.309 e. The Hall–Kier alpha value is -1.91. The molecule has 2 fully saturated rings. The van der Waals surface area contributed by atoms with Gasteiger partial charge in [-0.25, -0.2) is 0 Å². The van der Waals surface area contributed by atoms with Gasteiger partial charge < -0.3 is 54.0 Å².